The van der Waals surface area contributed by atoms with Gasteiger partial charge in [-0.3, -0.25) is 9.59 Å². The molecule has 0 saturated carbocycles. The number of amides is 2. The van der Waals surface area contributed by atoms with Gasteiger partial charge in [0.25, 0.3) is 5.91 Å². The highest BCUT2D eigenvalue weighted by Crippen LogP contribution is 2.25. The number of benzene rings is 2. The number of hydrogen-bond donors (Lipinski definition) is 2. The Hall–Kier alpha value is -2.42. The maximum absolute atomic E-state index is 12.8. The lowest BCUT2D eigenvalue weighted by Gasteiger charge is -2.16. The molecule has 0 aromatic heterocycles. The molecular weight excluding hydrogens is 438 g/mol. The molecule has 3 rings (SSSR count). The molecular formula is C22H26ClN3O4S. The van der Waals surface area contributed by atoms with Crippen molar-refractivity contribution in [1.82, 2.24) is 9.62 Å². The summed E-state index contributed by atoms with van der Waals surface area (Å²) >= 11 is 6.17. The van der Waals surface area contributed by atoms with Gasteiger partial charge in [0.2, 0.25) is 15.9 Å². The third kappa shape index (κ3) is 5.64. The SMILES string of the molecule is CC(C)C(=O)Nc1ccc(CNC(=O)c2cc(S(=O)(=O)N3CCCC3)ccc2Cl)cc1. The first-order valence-corrected chi connectivity index (χ1v) is 12.0. The number of anilines is 1. The van der Waals surface area contributed by atoms with Gasteiger partial charge in [0, 0.05) is 31.2 Å². The molecule has 0 atom stereocenters. The van der Waals surface area contributed by atoms with E-state index in [0.717, 1.165) is 18.4 Å². The fraction of sp³-hybridized carbons (Fsp3) is 0.364. The minimum atomic E-state index is -3.64. The molecule has 166 valence electrons. The number of nitrogens with zero attached hydrogens (tertiary/aromatic N) is 1. The van der Waals surface area contributed by atoms with Gasteiger partial charge in [0.05, 0.1) is 15.5 Å². The Morgan fingerprint density at radius 3 is 2.32 bits per heavy atom. The van der Waals surface area contributed by atoms with Crippen molar-refractivity contribution in [2.45, 2.75) is 38.1 Å². The molecule has 0 unspecified atom stereocenters. The van der Waals surface area contributed by atoms with Crippen LogP contribution in [-0.2, 0) is 21.4 Å². The van der Waals surface area contributed by atoms with Crippen molar-refractivity contribution in [3.8, 4) is 0 Å². The summed E-state index contributed by atoms with van der Waals surface area (Å²) in [7, 11) is -3.64. The highest BCUT2D eigenvalue weighted by atomic mass is 35.5. The van der Waals surface area contributed by atoms with E-state index in [2.05, 4.69) is 10.6 Å². The van der Waals surface area contributed by atoms with Gasteiger partial charge in [-0.25, -0.2) is 8.42 Å². The van der Waals surface area contributed by atoms with Gasteiger partial charge in [-0.1, -0.05) is 37.6 Å². The van der Waals surface area contributed by atoms with Crippen LogP contribution in [0.15, 0.2) is 47.4 Å². The van der Waals surface area contributed by atoms with Crippen molar-refractivity contribution in [3.05, 3.63) is 58.6 Å². The summed E-state index contributed by atoms with van der Waals surface area (Å²) in [5.74, 6) is -0.645. The third-order valence-corrected chi connectivity index (χ3v) is 7.31. The highest BCUT2D eigenvalue weighted by molar-refractivity contribution is 7.89. The quantitative estimate of drug-likeness (QED) is 0.655. The summed E-state index contributed by atoms with van der Waals surface area (Å²) in [5.41, 5.74) is 1.62. The van der Waals surface area contributed by atoms with E-state index >= 15 is 0 Å². The van der Waals surface area contributed by atoms with Crippen molar-refractivity contribution in [2.75, 3.05) is 18.4 Å². The van der Waals surface area contributed by atoms with Crippen LogP contribution in [0, 0.1) is 5.92 Å². The van der Waals surface area contributed by atoms with Gasteiger partial charge in [0.15, 0.2) is 0 Å². The Bertz CT molecular complexity index is 1060. The summed E-state index contributed by atoms with van der Waals surface area (Å²) in [4.78, 5) is 24.5. The number of hydrogen-bond acceptors (Lipinski definition) is 4. The predicted molar refractivity (Wildman–Crippen MR) is 121 cm³/mol. The molecule has 1 aliphatic rings. The molecule has 0 spiro atoms. The van der Waals surface area contributed by atoms with Crippen molar-refractivity contribution < 1.29 is 18.0 Å². The van der Waals surface area contributed by atoms with Gasteiger partial charge in [0.1, 0.15) is 0 Å². The number of halogens is 1. The Labute approximate surface area is 187 Å². The second-order valence-corrected chi connectivity index (χ2v) is 10.1. The Balaban J connectivity index is 1.67. The van der Waals surface area contributed by atoms with Crippen LogP contribution in [0.3, 0.4) is 0 Å². The Morgan fingerprint density at radius 2 is 1.71 bits per heavy atom. The molecule has 2 aromatic rings. The summed E-state index contributed by atoms with van der Waals surface area (Å²) < 4.78 is 27.0. The molecule has 9 heteroatoms. The molecule has 1 fully saturated rings. The van der Waals surface area contributed by atoms with Crippen LogP contribution in [0.2, 0.25) is 5.02 Å². The number of carbonyl (C=O) groups is 2. The van der Waals surface area contributed by atoms with E-state index in [1.54, 1.807) is 24.3 Å². The van der Waals surface area contributed by atoms with Crippen LogP contribution in [0.5, 0.6) is 0 Å². The molecule has 1 heterocycles. The molecule has 31 heavy (non-hydrogen) atoms. The molecule has 1 saturated heterocycles. The number of nitrogens with one attached hydrogen (secondary N) is 2. The van der Waals surface area contributed by atoms with Crippen molar-refractivity contribution in [2.24, 2.45) is 5.92 Å². The first-order valence-electron chi connectivity index (χ1n) is 10.2. The summed E-state index contributed by atoms with van der Waals surface area (Å²) in [6.45, 7) is 4.84. The first-order chi connectivity index (χ1) is 14.7. The minimum absolute atomic E-state index is 0.0641. The standard InChI is InChI=1S/C22H26ClN3O4S/c1-15(2)21(27)25-17-7-5-16(6-8-17)14-24-22(28)19-13-18(9-10-20(19)23)31(29,30)26-11-3-4-12-26/h5-10,13,15H,3-4,11-12,14H2,1-2H3,(H,24,28)(H,25,27). The normalized spacial score (nSPS) is 14.6. The summed E-state index contributed by atoms with van der Waals surface area (Å²) in [6.07, 6.45) is 1.67. The van der Waals surface area contributed by atoms with E-state index in [1.807, 2.05) is 13.8 Å². The van der Waals surface area contributed by atoms with E-state index in [9.17, 15) is 18.0 Å². The fourth-order valence-corrected chi connectivity index (χ4v) is 4.93. The van der Waals surface area contributed by atoms with Gasteiger partial charge in [-0.05, 0) is 48.7 Å². The van der Waals surface area contributed by atoms with Gasteiger partial charge < -0.3 is 10.6 Å². The number of rotatable bonds is 7. The average molecular weight is 464 g/mol. The molecule has 0 radical (unpaired) electrons. The van der Waals surface area contributed by atoms with Crippen molar-refractivity contribution in [3.63, 3.8) is 0 Å². The largest absolute Gasteiger partial charge is 0.348 e. The second kappa shape index (κ2) is 9.80. The van der Waals surface area contributed by atoms with Crippen LogP contribution in [0.25, 0.3) is 0 Å². The molecule has 2 aromatic carbocycles. The maximum atomic E-state index is 12.8. The second-order valence-electron chi connectivity index (χ2n) is 7.78. The van der Waals surface area contributed by atoms with Crippen molar-refractivity contribution >= 4 is 39.1 Å². The molecule has 2 amide bonds. The van der Waals surface area contributed by atoms with Gasteiger partial charge in [-0.2, -0.15) is 4.31 Å². The van der Waals surface area contributed by atoms with Crippen LogP contribution in [0.4, 0.5) is 5.69 Å². The Kier molecular flexibility index (Phi) is 7.35. The topological polar surface area (TPSA) is 95.6 Å². The maximum Gasteiger partial charge on any atom is 0.253 e. The molecule has 0 aliphatic carbocycles. The highest BCUT2D eigenvalue weighted by Gasteiger charge is 2.28. The fourth-order valence-electron chi connectivity index (χ4n) is 3.19. The monoisotopic (exact) mass is 463 g/mol. The number of carbonyl (C=O) groups excluding carboxylic acids is 2. The zero-order valence-corrected chi connectivity index (χ0v) is 19.1. The van der Waals surface area contributed by atoms with E-state index < -0.39 is 15.9 Å². The molecule has 2 N–H and O–H groups in total. The Morgan fingerprint density at radius 1 is 1.06 bits per heavy atom. The lowest BCUT2D eigenvalue weighted by atomic mass is 10.1. The van der Waals surface area contributed by atoms with E-state index in [0.29, 0.717) is 18.8 Å². The van der Waals surface area contributed by atoms with Gasteiger partial charge in [-0.15, -0.1) is 0 Å². The predicted octanol–water partition coefficient (Wildman–Crippen LogP) is 3.65. The minimum Gasteiger partial charge on any atom is -0.348 e. The van der Waals surface area contributed by atoms with E-state index in [4.69, 9.17) is 11.6 Å². The summed E-state index contributed by atoms with van der Waals surface area (Å²) in [6, 6.07) is 11.3. The van der Waals surface area contributed by atoms with Crippen LogP contribution in [0.1, 0.15) is 42.6 Å². The van der Waals surface area contributed by atoms with Crippen molar-refractivity contribution in [1.29, 1.82) is 0 Å². The average Bonchev–Trinajstić information content (AvgIpc) is 3.29. The zero-order valence-electron chi connectivity index (χ0n) is 17.5. The van der Waals surface area contributed by atoms with Gasteiger partial charge >= 0.3 is 0 Å². The molecule has 7 nitrogen and oxygen atoms in total. The molecule has 1 aliphatic heterocycles. The molecule has 0 bridgehead atoms. The zero-order chi connectivity index (χ0) is 22.6. The van der Waals surface area contributed by atoms with Crippen LogP contribution in [-0.4, -0.2) is 37.6 Å². The van der Waals surface area contributed by atoms with E-state index in [-0.39, 0.29) is 33.9 Å². The van der Waals surface area contributed by atoms with E-state index in [1.165, 1.54) is 22.5 Å². The lowest BCUT2D eigenvalue weighted by Crippen LogP contribution is -2.28. The number of sulfonamides is 1. The van der Waals surface area contributed by atoms with Crippen LogP contribution >= 0.6 is 11.6 Å². The lowest BCUT2D eigenvalue weighted by molar-refractivity contribution is -0.118. The first kappa shape index (κ1) is 23.2. The smallest absolute Gasteiger partial charge is 0.253 e. The van der Waals surface area contributed by atoms with Crippen LogP contribution < -0.4 is 10.6 Å². The third-order valence-electron chi connectivity index (χ3n) is 5.08. The summed E-state index contributed by atoms with van der Waals surface area (Å²) in [5, 5.41) is 5.75.